The third-order valence-electron chi connectivity index (χ3n) is 3.61. The van der Waals surface area contributed by atoms with Crippen LogP contribution in [0.15, 0.2) is 29.1 Å². The Morgan fingerprint density at radius 1 is 1.17 bits per heavy atom. The number of nitrogens with one attached hydrogen (secondary N) is 1. The van der Waals surface area contributed by atoms with Gasteiger partial charge in [-0.25, -0.2) is 15.0 Å². The van der Waals surface area contributed by atoms with Crippen molar-refractivity contribution in [3.05, 3.63) is 39.2 Å². The zero-order valence-electron chi connectivity index (χ0n) is 12.3. The van der Waals surface area contributed by atoms with Crippen LogP contribution in [0, 0.1) is 10.1 Å². The smallest absolute Gasteiger partial charge is 0.351 e. The van der Waals surface area contributed by atoms with Crippen molar-refractivity contribution in [2.24, 2.45) is 0 Å². The topological polar surface area (TPSA) is 97.1 Å². The predicted octanol–water partition coefficient (Wildman–Crippen LogP) is 3.28. The second-order valence-electron chi connectivity index (χ2n) is 5.19. The molecule has 0 bridgehead atoms. The van der Waals surface area contributed by atoms with E-state index in [0.29, 0.717) is 11.6 Å². The average molecular weight is 379 g/mol. The van der Waals surface area contributed by atoms with Gasteiger partial charge in [0.1, 0.15) is 12.1 Å². The molecule has 2 aromatic rings. The van der Waals surface area contributed by atoms with Gasteiger partial charge in [-0.3, -0.25) is 10.1 Å². The average Bonchev–Trinajstić information content (AvgIpc) is 2.57. The molecule has 0 radical (unpaired) electrons. The van der Waals surface area contributed by atoms with Crippen molar-refractivity contribution in [1.29, 1.82) is 0 Å². The first-order valence-corrected chi connectivity index (χ1v) is 8.07. The van der Waals surface area contributed by atoms with Crippen LogP contribution in [-0.2, 0) is 0 Å². The molecule has 0 spiro atoms. The summed E-state index contributed by atoms with van der Waals surface area (Å²) in [5.74, 6) is 1.00. The Labute approximate surface area is 141 Å². The summed E-state index contributed by atoms with van der Waals surface area (Å²) in [5, 5.41) is 14.5. The van der Waals surface area contributed by atoms with Gasteiger partial charge in [0.2, 0.25) is 11.6 Å². The molecule has 1 fully saturated rings. The highest BCUT2D eigenvalue weighted by molar-refractivity contribution is 9.10. The summed E-state index contributed by atoms with van der Waals surface area (Å²) < 4.78 is 0.828. The molecule has 0 saturated carbocycles. The Balaban J connectivity index is 1.95. The third kappa shape index (κ3) is 3.55. The van der Waals surface area contributed by atoms with E-state index < -0.39 is 4.92 Å². The van der Waals surface area contributed by atoms with Gasteiger partial charge in [0.15, 0.2) is 0 Å². The third-order valence-corrected chi connectivity index (χ3v) is 4.08. The molecular formula is C14H15BrN6O2. The highest BCUT2D eigenvalue weighted by Gasteiger charge is 2.28. The van der Waals surface area contributed by atoms with Crippen molar-refractivity contribution >= 4 is 39.1 Å². The van der Waals surface area contributed by atoms with Crippen LogP contribution in [0.25, 0.3) is 0 Å². The lowest BCUT2D eigenvalue weighted by molar-refractivity contribution is -0.383. The van der Waals surface area contributed by atoms with Crippen molar-refractivity contribution in [2.75, 3.05) is 23.3 Å². The van der Waals surface area contributed by atoms with E-state index in [4.69, 9.17) is 0 Å². The maximum absolute atomic E-state index is 11.6. The van der Waals surface area contributed by atoms with Crippen LogP contribution in [0.4, 0.5) is 23.1 Å². The van der Waals surface area contributed by atoms with E-state index in [2.05, 4.69) is 36.2 Å². The van der Waals surface area contributed by atoms with E-state index in [9.17, 15) is 10.1 Å². The van der Waals surface area contributed by atoms with Crippen molar-refractivity contribution in [2.45, 2.75) is 19.3 Å². The predicted molar refractivity (Wildman–Crippen MR) is 90.0 cm³/mol. The normalized spacial score (nSPS) is 14.6. The van der Waals surface area contributed by atoms with E-state index in [-0.39, 0.29) is 11.5 Å². The minimum absolute atomic E-state index is 0.112. The molecule has 23 heavy (non-hydrogen) atoms. The van der Waals surface area contributed by atoms with Gasteiger partial charge in [0.25, 0.3) is 0 Å². The molecule has 1 aliphatic heterocycles. The Morgan fingerprint density at radius 2 is 1.96 bits per heavy atom. The maximum atomic E-state index is 11.6. The molecule has 0 aliphatic carbocycles. The number of aromatic nitrogens is 3. The first-order chi connectivity index (χ1) is 11.1. The molecule has 3 heterocycles. The maximum Gasteiger partial charge on any atom is 0.353 e. The number of piperidine rings is 1. The summed E-state index contributed by atoms with van der Waals surface area (Å²) in [6.45, 7) is 1.54. The molecule has 1 aliphatic rings. The van der Waals surface area contributed by atoms with Crippen LogP contribution in [0.3, 0.4) is 0 Å². The molecule has 0 aromatic carbocycles. The molecule has 0 unspecified atom stereocenters. The van der Waals surface area contributed by atoms with E-state index in [0.717, 1.165) is 36.8 Å². The second-order valence-corrected chi connectivity index (χ2v) is 6.10. The molecule has 0 amide bonds. The van der Waals surface area contributed by atoms with Crippen molar-refractivity contribution in [3.8, 4) is 0 Å². The van der Waals surface area contributed by atoms with Gasteiger partial charge in [-0.2, -0.15) is 0 Å². The number of halogens is 1. The van der Waals surface area contributed by atoms with E-state index >= 15 is 0 Å². The van der Waals surface area contributed by atoms with Crippen LogP contribution < -0.4 is 10.2 Å². The number of nitrogens with zero attached hydrogens (tertiary/aromatic N) is 5. The fraction of sp³-hybridized carbons (Fsp3) is 0.357. The number of hydrogen-bond acceptors (Lipinski definition) is 7. The molecule has 0 atom stereocenters. The highest BCUT2D eigenvalue weighted by atomic mass is 79.9. The quantitative estimate of drug-likeness (QED) is 0.643. The zero-order valence-corrected chi connectivity index (χ0v) is 13.9. The molecule has 9 heteroatoms. The number of rotatable bonds is 4. The van der Waals surface area contributed by atoms with Gasteiger partial charge >= 0.3 is 5.69 Å². The summed E-state index contributed by atoms with van der Waals surface area (Å²) in [4.78, 5) is 25.4. The van der Waals surface area contributed by atoms with E-state index in [1.54, 1.807) is 18.3 Å². The lowest BCUT2D eigenvalue weighted by Gasteiger charge is -2.27. The van der Waals surface area contributed by atoms with Gasteiger partial charge in [-0.05, 0) is 47.3 Å². The van der Waals surface area contributed by atoms with Crippen LogP contribution in [0.1, 0.15) is 19.3 Å². The van der Waals surface area contributed by atoms with E-state index in [1.165, 1.54) is 6.33 Å². The summed E-state index contributed by atoms with van der Waals surface area (Å²) in [5.41, 5.74) is -0.112. The Morgan fingerprint density at radius 3 is 2.61 bits per heavy atom. The minimum Gasteiger partial charge on any atom is -0.351 e. The SMILES string of the molecule is O=[N+]([O-])c1c(Nc2ccc(Br)cn2)ncnc1N1CCCCC1. The van der Waals surface area contributed by atoms with Crippen LogP contribution >= 0.6 is 15.9 Å². The fourth-order valence-corrected chi connectivity index (χ4v) is 2.77. The van der Waals surface area contributed by atoms with Crippen molar-refractivity contribution in [3.63, 3.8) is 0 Å². The first-order valence-electron chi connectivity index (χ1n) is 7.28. The summed E-state index contributed by atoms with van der Waals surface area (Å²) in [7, 11) is 0. The monoisotopic (exact) mass is 378 g/mol. The largest absolute Gasteiger partial charge is 0.353 e. The van der Waals surface area contributed by atoms with Crippen molar-refractivity contribution in [1.82, 2.24) is 15.0 Å². The standard InChI is InChI=1S/C14H15BrN6O2/c15-10-4-5-11(16-8-10)19-13-12(21(22)23)14(18-9-17-13)20-6-2-1-3-7-20/h4-5,8-9H,1-3,6-7H2,(H,16,17,18,19). The van der Waals surface area contributed by atoms with Gasteiger partial charge in [0.05, 0.1) is 4.92 Å². The molecule has 1 N–H and O–H groups in total. The number of pyridine rings is 1. The number of nitro groups is 1. The Kier molecular flexibility index (Phi) is 4.65. The van der Waals surface area contributed by atoms with Crippen LogP contribution in [0.2, 0.25) is 0 Å². The Hall–Kier alpha value is -2.29. The minimum atomic E-state index is -0.439. The molecule has 2 aromatic heterocycles. The van der Waals surface area contributed by atoms with Crippen molar-refractivity contribution < 1.29 is 4.92 Å². The number of anilines is 3. The highest BCUT2D eigenvalue weighted by Crippen LogP contribution is 2.34. The van der Waals surface area contributed by atoms with Gasteiger partial charge in [-0.1, -0.05) is 0 Å². The summed E-state index contributed by atoms with van der Waals surface area (Å²) in [6.07, 6.45) is 6.12. The van der Waals surface area contributed by atoms with Crippen LogP contribution in [0.5, 0.6) is 0 Å². The molecule has 3 rings (SSSR count). The van der Waals surface area contributed by atoms with Crippen LogP contribution in [-0.4, -0.2) is 33.0 Å². The summed E-state index contributed by atoms with van der Waals surface area (Å²) >= 11 is 3.30. The van der Waals surface area contributed by atoms with Gasteiger partial charge < -0.3 is 10.2 Å². The first kappa shape index (κ1) is 15.6. The second kappa shape index (κ2) is 6.86. The zero-order chi connectivity index (χ0) is 16.2. The molecule has 8 nitrogen and oxygen atoms in total. The molecule has 1 saturated heterocycles. The number of hydrogen-bond donors (Lipinski definition) is 1. The summed E-state index contributed by atoms with van der Waals surface area (Å²) in [6, 6.07) is 3.52. The fourth-order valence-electron chi connectivity index (χ4n) is 2.54. The lowest BCUT2D eigenvalue weighted by Crippen LogP contribution is -2.31. The van der Waals surface area contributed by atoms with Gasteiger partial charge in [0, 0.05) is 23.8 Å². The molecular weight excluding hydrogens is 364 g/mol. The lowest BCUT2D eigenvalue weighted by atomic mass is 10.1. The van der Waals surface area contributed by atoms with Gasteiger partial charge in [-0.15, -0.1) is 0 Å². The molecule has 120 valence electrons. The Bertz CT molecular complexity index is 703. The van der Waals surface area contributed by atoms with E-state index in [1.807, 2.05) is 4.90 Å².